The first-order chi connectivity index (χ1) is 17.5. The molecule has 5 rings (SSSR count). The van der Waals surface area contributed by atoms with Gasteiger partial charge in [0.2, 0.25) is 11.0 Å². The highest BCUT2D eigenvalue weighted by Gasteiger charge is 2.24. The van der Waals surface area contributed by atoms with Crippen LogP contribution in [0.15, 0.2) is 72.9 Å². The van der Waals surface area contributed by atoms with E-state index < -0.39 is 0 Å². The third-order valence-electron chi connectivity index (χ3n) is 6.56. The number of para-hydroxylation sites is 1. The van der Waals surface area contributed by atoms with Gasteiger partial charge in [0.25, 0.3) is 0 Å². The molecule has 0 amide bonds. The predicted molar refractivity (Wildman–Crippen MR) is 146 cm³/mol. The van der Waals surface area contributed by atoms with Crippen molar-refractivity contribution in [3.63, 3.8) is 0 Å². The van der Waals surface area contributed by atoms with Crippen molar-refractivity contribution in [2.24, 2.45) is 0 Å². The van der Waals surface area contributed by atoms with Crippen molar-refractivity contribution in [3.05, 3.63) is 89.9 Å². The lowest BCUT2D eigenvalue weighted by molar-refractivity contribution is 0.202. The summed E-state index contributed by atoms with van der Waals surface area (Å²) in [5.74, 6) is 2.67. The second-order valence-corrected chi connectivity index (χ2v) is 11.1. The lowest BCUT2D eigenvalue weighted by atomic mass is 9.86. The van der Waals surface area contributed by atoms with E-state index in [4.69, 9.17) is 14.1 Å². The van der Waals surface area contributed by atoms with Crippen LogP contribution in [0.5, 0.6) is 11.6 Å². The van der Waals surface area contributed by atoms with E-state index in [-0.39, 0.29) is 5.41 Å². The molecule has 0 unspecified atom stereocenters. The number of nitrogens with one attached hydrogen (secondary N) is 1. The lowest BCUT2D eigenvalue weighted by Crippen LogP contribution is -2.32. The van der Waals surface area contributed by atoms with E-state index in [9.17, 15) is 0 Å². The van der Waals surface area contributed by atoms with Crippen LogP contribution >= 0.6 is 11.5 Å². The van der Waals surface area contributed by atoms with Crippen LogP contribution in [0.2, 0.25) is 0 Å². The summed E-state index contributed by atoms with van der Waals surface area (Å²) in [5.41, 5.74) is 3.25. The zero-order valence-corrected chi connectivity index (χ0v) is 22.0. The van der Waals surface area contributed by atoms with E-state index in [1.54, 1.807) is 6.20 Å². The standard InChI is InChI=1S/C29H33N5OS/c1-29(2,3)23-12-7-8-14-25(23)35-27-24(13-9-17-30-27)31-28-32-26(33-36-28)22-15-18-34(19-16-22)20-21-10-5-4-6-11-21/h4-14,17,22H,15-16,18-20H2,1-3H3,(H,31,32,33). The summed E-state index contributed by atoms with van der Waals surface area (Å²) in [7, 11) is 0. The normalized spacial score (nSPS) is 15.1. The van der Waals surface area contributed by atoms with Crippen molar-refractivity contribution in [2.45, 2.75) is 51.5 Å². The smallest absolute Gasteiger partial charge is 0.243 e. The van der Waals surface area contributed by atoms with Crippen molar-refractivity contribution in [2.75, 3.05) is 18.4 Å². The third-order valence-corrected chi connectivity index (χ3v) is 7.20. The second-order valence-electron chi connectivity index (χ2n) is 10.3. The summed E-state index contributed by atoms with van der Waals surface area (Å²) in [4.78, 5) is 11.9. The fourth-order valence-electron chi connectivity index (χ4n) is 4.60. The molecule has 1 saturated heterocycles. The van der Waals surface area contributed by atoms with E-state index in [1.807, 2.05) is 30.3 Å². The maximum atomic E-state index is 6.30. The lowest BCUT2D eigenvalue weighted by Gasteiger charge is -2.30. The van der Waals surface area contributed by atoms with Gasteiger partial charge in [0.05, 0.1) is 0 Å². The van der Waals surface area contributed by atoms with E-state index in [1.165, 1.54) is 17.1 Å². The fourth-order valence-corrected chi connectivity index (χ4v) is 5.26. The minimum Gasteiger partial charge on any atom is -0.437 e. The molecule has 2 aromatic carbocycles. The van der Waals surface area contributed by atoms with E-state index >= 15 is 0 Å². The van der Waals surface area contributed by atoms with E-state index in [0.717, 1.165) is 60.4 Å². The van der Waals surface area contributed by atoms with E-state index in [0.29, 0.717) is 11.8 Å². The first kappa shape index (κ1) is 24.4. The van der Waals surface area contributed by atoms with Crippen LogP contribution in [0, 0.1) is 0 Å². The van der Waals surface area contributed by atoms with Crippen LogP contribution in [-0.4, -0.2) is 32.3 Å². The molecule has 1 N–H and O–H groups in total. The molecule has 186 valence electrons. The van der Waals surface area contributed by atoms with Gasteiger partial charge in [-0.15, -0.1) is 0 Å². The molecule has 1 aliphatic heterocycles. The van der Waals surface area contributed by atoms with Crippen LogP contribution in [0.3, 0.4) is 0 Å². The molecule has 6 nitrogen and oxygen atoms in total. The quantitative estimate of drug-likeness (QED) is 0.291. The Bertz CT molecular complexity index is 1280. The van der Waals surface area contributed by atoms with Crippen LogP contribution in [0.1, 0.15) is 56.5 Å². The van der Waals surface area contributed by atoms with Crippen molar-refractivity contribution in [1.29, 1.82) is 0 Å². The van der Waals surface area contributed by atoms with Crippen LogP contribution in [0.4, 0.5) is 10.8 Å². The SMILES string of the molecule is CC(C)(C)c1ccccc1Oc1ncccc1Nc1nc(C2CCN(Cc3ccccc3)CC2)ns1. The average Bonchev–Trinajstić information content (AvgIpc) is 3.35. The van der Waals surface area contributed by atoms with Crippen LogP contribution < -0.4 is 10.1 Å². The van der Waals surface area contributed by atoms with Gasteiger partial charge >= 0.3 is 0 Å². The van der Waals surface area contributed by atoms with Gasteiger partial charge in [-0.2, -0.15) is 4.37 Å². The number of piperidine rings is 1. The van der Waals surface area contributed by atoms with Gasteiger partial charge in [0.15, 0.2) is 0 Å². The number of rotatable bonds is 7. The molecule has 7 heteroatoms. The molecule has 4 aromatic rings. The summed E-state index contributed by atoms with van der Waals surface area (Å²) in [6, 6.07) is 22.7. The van der Waals surface area contributed by atoms with Gasteiger partial charge < -0.3 is 10.1 Å². The minimum absolute atomic E-state index is 0.0379. The maximum Gasteiger partial charge on any atom is 0.243 e. The Hall–Kier alpha value is -3.29. The van der Waals surface area contributed by atoms with Crippen molar-refractivity contribution >= 4 is 22.4 Å². The summed E-state index contributed by atoms with van der Waals surface area (Å²) in [6.45, 7) is 9.68. The Labute approximate surface area is 217 Å². The number of hydrogen-bond donors (Lipinski definition) is 1. The molecule has 3 heterocycles. The first-order valence-electron chi connectivity index (χ1n) is 12.5. The van der Waals surface area contributed by atoms with Crippen LogP contribution in [0.25, 0.3) is 0 Å². The molecule has 0 spiro atoms. The topological polar surface area (TPSA) is 63.2 Å². The average molecular weight is 500 g/mol. The molecule has 0 aliphatic carbocycles. The summed E-state index contributed by atoms with van der Waals surface area (Å²) in [6.07, 6.45) is 3.90. The Kier molecular flexibility index (Phi) is 7.30. The summed E-state index contributed by atoms with van der Waals surface area (Å²) in [5, 5.41) is 4.16. The largest absolute Gasteiger partial charge is 0.437 e. The first-order valence-corrected chi connectivity index (χ1v) is 13.3. The summed E-state index contributed by atoms with van der Waals surface area (Å²) < 4.78 is 11.0. The van der Waals surface area contributed by atoms with Gasteiger partial charge in [-0.1, -0.05) is 69.3 Å². The monoisotopic (exact) mass is 499 g/mol. The number of aromatic nitrogens is 3. The molecule has 2 aromatic heterocycles. The number of likely N-dealkylation sites (tertiary alicyclic amines) is 1. The Balaban J connectivity index is 1.24. The Morgan fingerprint density at radius 1 is 0.972 bits per heavy atom. The number of nitrogens with zero attached hydrogens (tertiary/aromatic N) is 4. The maximum absolute atomic E-state index is 6.30. The van der Waals surface area contributed by atoms with Gasteiger partial charge in [0.1, 0.15) is 17.3 Å². The van der Waals surface area contributed by atoms with E-state index in [2.05, 4.69) is 72.4 Å². The molecular formula is C29H33N5OS. The molecule has 1 aliphatic rings. The zero-order chi connectivity index (χ0) is 25.0. The molecule has 0 radical (unpaired) electrons. The van der Waals surface area contributed by atoms with Crippen molar-refractivity contribution in [3.8, 4) is 11.6 Å². The van der Waals surface area contributed by atoms with Crippen molar-refractivity contribution in [1.82, 2.24) is 19.2 Å². The number of benzene rings is 2. The Morgan fingerprint density at radius 2 is 1.72 bits per heavy atom. The summed E-state index contributed by atoms with van der Waals surface area (Å²) >= 11 is 1.39. The van der Waals surface area contributed by atoms with Crippen molar-refractivity contribution < 1.29 is 4.74 Å². The number of anilines is 2. The molecular weight excluding hydrogens is 466 g/mol. The fraction of sp³-hybridized carbons (Fsp3) is 0.345. The van der Waals surface area contributed by atoms with Crippen LogP contribution in [-0.2, 0) is 12.0 Å². The number of pyridine rings is 1. The zero-order valence-electron chi connectivity index (χ0n) is 21.1. The highest BCUT2D eigenvalue weighted by molar-refractivity contribution is 7.09. The van der Waals surface area contributed by atoms with Gasteiger partial charge in [-0.3, -0.25) is 4.90 Å². The Morgan fingerprint density at radius 3 is 2.50 bits per heavy atom. The number of ether oxygens (including phenoxy) is 1. The minimum atomic E-state index is -0.0379. The second kappa shape index (κ2) is 10.8. The highest BCUT2D eigenvalue weighted by Crippen LogP contribution is 2.37. The molecule has 0 atom stereocenters. The molecule has 1 fully saturated rings. The molecule has 36 heavy (non-hydrogen) atoms. The molecule has 0 bridgehead atoms. The van der Waals surface area contributed by atoms with Gasteiger partial charge in [-0.25, -0.2) is 9.97 Å². The predicted octanol–water partition coefficient (Wildman–Crippen LogP) is 7.15. The van der Waals surface area contributed by atoms with Gasteiger partial charge in [-0.05, 0) is 55.1 Å². The van der Waals surface area contributed by atoms with Gasteiger partial charge in [0, 0.05) is 35.8 Å². The highest BCUT2D eigenvalue weighted by atomic mass is 32.1. The number of hydrogen-bond acceptors (Lipinski definition) is 7. The third kappa shape index (κ3) is 5.91. The molecule has 0 saturated carbocycles.